The minimum absolute atomic E-state index is 0.0693. The number of nitrogens with zero attached hydrogens (tertiary/aromatic N) is 3. The lowest BCUT2D eigenvalue weighted by Crippen LogP contribution is -2.50. The van der Waals surface area contributed by atoms with Gasteiger partial charge in [-0.1, -0.05) is 12.1 Å². The Morgan fingerprint density at radius 2 is 2.16 bits per heavy atom. The van der Waals surface area contributed by atoms with E-state index >= 15 is 0 Å². The molecule has 1 fully saturated rings. The molecule has 2 heterocycles. The van der Waals surface area contributed by atoms with Crippen LogP contribution < -0.4 is 16.0 Å². The maximum atomic E-state index is 11.5. The number of aryl methyl sites for hydroxylation is 1. The number of carbonyl (C=O) groups excluding carboxylic acids is 1. The van der Waals surface area contributed by atoms with Gasteiger partial charge in [0, 0.05) is 38.8 Å². The predicted octanol–water partition coefficient (Wildman–Crippen LogP) is 0.503. The maximum Gasteiger partial charge on any atom is 0.233 e. The quantitative estimate of drug-likeness (QED) is 0.490. The summed E-state index contributed by atoms with van der Waals surface area (Å²) in [6, 6.07) is 2.31. The number of aliphatic imine (C=N–C) groups is 1. The second-order valence-corrected chi connectivity index (χ2v) is 6.20. The van der Waals surface area contributed by atoms with Crippen molar-refractivity contribution in [3.63, 3.8) is 0 Å². The standard InChI is InChI=1S/C17H30N6O2/c1-4-13-10-15(25-22-13)11-20-17(19-5-2)21-14-6-8-23(9-7-14)12-16(24)18-3/h10,14H,4-9,11-12H2,1-3H3,(H,18,24)(H2,19,20,21). The van der Waals surface area contributed by atoms with Crippen LogP contribution in [0.1, 0.15) is 38.1 Å². The molecule has 1 aliphatic rings. The largest absolute Gasteiger partial charge is 0.359 e. The molecule has 0 unspecified atom stereocenters. The molecular weight excluding hydrogens is 320 g/mol. The second-order valence-electron chi connectivity index (χ2n) is 6.20. The summed E-state index contributed by atoms with van der Waals surface area (Å²) < 4.78 is 5.28. The van der Waals surface area contributed by atoms with Gasteiger partial charge in [-0.3, -0.25) is 9.69 Å². The smallest absolute Gasteiger partial charge is 0.233 e. The van der Waals surface area contributed by atoms with Crippen LogP contribution in [0.2, 0.25) is 0 Å². The number of likely N-dealkylation sites (tertiary alicyclic amines) is 1. The van der Waals surface area contributed by atoms with Gasteiger partial charge in [0.1, 0.15) is 6.54 Å². The van der Waals surface area contributed by atoms with Gasteiger partial charge >= 0.3 is 0 Å². The monoisotopic (exact) mass is 350 g/mol. The lowest BCUT2D eigenvalue weighted by molar-refractivity contribution is -0.122. The number of guanidine groups is 1. The number of likely N-dealkylation sites (N-methyl/N-ethyl adjacent to an activating group) is 1. The summed E-state index contributed by atoms with van der Waals surface area (Å²) in [5, 5.41) is 13.4. The van der Waals surface area contributed by atoms with E-state index in [1.54, 1.807) is 7.05 Å². The fourth-order valence-electron chi connectivity index (χ4n) is 2.78. The van der Waals surface area contributed by atoms with Crippen molar-refractivity contribution in [1.82, 2.24) is 26.0 Å². The number of aromatic nitrogens is 1. The fraction of sp³-hybridized carbons (Fsp3) is 0.706. The van der Waals surface area contributed by atoms with Crippen LogP contribution in [0.25, 0.3) is 0 Å². The number of rotatable bonds is 7. The van der Waals surface area contributed by atoms with Crippen molar-refractivity contribution in [3.05, 3.63) is 17.5 Å². The van der Waals surface area contributed by atoms with Crippen LogP contribution in [0.3, 0.4) is 0 Å². The molecule has 8 heteroatoms. The van der Waals surface area contributed by atoms with Crippen molar-refractivity contribution < 1.29 is 9.32 Å². The highest BCUT2D eigenvalue weighted by Gasteiger charge is 2.21. The molecule has 140 valence electrons. The Labute approximate surface area is 149 Å². The third-order valence-electron chi connectivity index (χ3n) is 4.28. The molecular formula is C17H30N6O2. The van der Waals surface area contributed by atoms with Crippen molar-refractivity contribution in [1.29, 1.82) is 0 Å². The van der Waals surface area contributed by atoms with Crippen LogP contribution in [0.4, 0.5) is 0 Å². The number of piperidine rings is 1. The highest BCUT2D eigenvalue weighted by Crippen LogP contribution is 2.10. The zero-order valence-electron chi connectivity index (χ0n) is 15.5. The molecule has 1 aliphatic heterocycles. The molecule has 1 aromatic heterocycles. The van der Waals surface area contributed by atoms with Gasteiger partial charge in [-0.05, 0) is 26.2 Å². The van der Waals surface area contributed by atoms with Crippen LogP contribution in [0.5, 0.6) is 0 Å². The molecule has 0 spiro atoms. The summed E-state index contributed by atoms with van der Waals surface area (Å²) in [5.74, 6) is 1.64. The van der Waals surface area contributed by atoms with Gasteiger partial charge in [-0.25, -0.2) is 4.99 Å². The Morgan fingerprint density at radius 3 is 2.76 bits per heavy atom. The summed E-state index contributed by atoms with van der Waals surface area (Å²) in [7, 11) is 1.67. The fourth-order valence-corrected chi connectivity index (χ4v) is 2.78. The van der Waals surface area contributed by atoms with E-state index in [4.69, 9.17) is 4.52 Å². The first-order valence-corrected chi connectivity index (χ1v) is 9.06. The molecule has 0 atom stereocenters. The zero-order chi connectivity index (χ0) is 18.1. The van der Waals surface area contributed by atoms with E-state index in [1.807, 2.05) is 19.9 Å². The first-order valence-electron chi connectivity index (χ1n) is 9.06. The molecule has 0 bridgehead atoms. The molecule has 8 nitrogen and oxygen atoms in total. The topological polar surface area (TPSA) is 94.8 Å². The molecule has 1 saturated heterocycles. The summed E-state index contributed by atoms with van der Waals surface area (Å²) in [6.45, 7) is 7.66. The van der Waals surface area contributed by atoms with Gasteiger partial charge in [0.2, 0.25) is 5.91 Å². The lowest BCUT2D eigenvalue weighted by Gasteiger charge is -2.32. The highest BCUT2D eigenvalue weighted by atomic mass is 16.5. The third-order valence-corrected chi connectivity index (χ3v) is 4.28. The van der Waals surface area contributed by atoms with Crippen LogP contribution in [0, 0.1) is 0 Å². The van der Waals surface area contributed by atoms with E-state index in [9.17, 15) is 4.79 Å². The second kappa shape index (κ2) is 10.0. The summed E-state index contributed by atoms with van der Waals surface area (Å²) in [5.41, 5.74) is 0.951. The van der Waals surface area contributed by atoms with E-state index in [0.717, 1.165) is 56.3 Å². The minimum atomic E-state index is 0.0693. The Morgan fingerprint density at radius 1 is 1.40 bits per heavy atom. The van der Waals surface area contributed by atoms with Crippen molar-refractivity contribution in [3.8, 4) is 0 Å². The van der Waals surface area contributed by atoms with Gasteiger partial charge in [-0.15, -0.1) is 0 Å². The summed E-state index contributed by atoms with van der Waals surface area (Å²) >= 11 is 0. The van der Waals surface area contributed by atoms with E-state index in [2.05, 4.69) is 31.0 Å². The van der Waals surface area contributed by atoms with Crippen LogP contribution in [0.15, 0.2) is 15.6 Å². The molecule has 0 saturated carbocycles. The Kier molecular flexibility index (Phi) is 7.72. The normalized spacial score (nSPS) is 16.7. The number of amides is 1. The molecule has 0 radical (unpaired) electrons. The van der Waals surface area contributed by atoms with E-state index in [-0.39, 0.29) is 5.91 Å². The van der Waals surface area contributed by atoms with Crippen LogP contribution >= 0.6 is 0 Å². The van der Waals surface area contributed by atoms with Crippen molar-refractivity contribution in [2.24, 2.45) is 4.99 Å². The lowest BCUT2D eigenvalue weighted by atomic mass is 10.1. The Hall–Kier alpha value is -2.09. The molecule has 2 rings (SSSR count). The van der Waals surface area contributed by atoms with Gasteiger partial charge < -0.3 is 20.5 Å². The molecule has 1 amide bonds. The number of hydrogen-bond donors (Lipinski definition) is 3. The van der Waals surface area contributed by atoms with Gasteiger partial charge in [-0.2, -0.15) is 0 Å². The average molecular weight is 350 g/mol. The van der Waals surface area contributed by atoms with Crippen molar-refractivity contribution in [2.75, 3.05) is 33.2 Å². The van der Waals surface area contributed by atoms with Crippen molar-refractivity contribution in [2.45, 2.75) is 45.7 Å². The minimum Gasteiger partial charge on any atom is -0.359 e. The van der Waals surface area contributed by atoms with Crippen LogP contribution in [-0.2, 0) is 17.8 Å². The van der Waals surface area contributed by atoms with E-state index in [0.29, 0.717) is 19.1 Å². The zero-order valence-corrected chi connectivity index (χ0v) is 15.5. The van der Waals surface area contributed by atoms with E-state index in [1.165, 1.54) is 0 Å². The molecule has 0 aliphatic carbocycles. The third kappa shape index (κ3) is 6.38. The highest BCUT2D eigenvalue weighted by molar-refractivity contribution is 5.80. The maximum absolute atomic E-state index is 11.5. The van der Waals surface area contributed by atoms with Gasteiger partial charge in [0.15, 0.2) is 11.7 Å². The first-order chi connectivity index (χ1) is 12.1. The molecule has 1 aromatic rings. The first kappa shape index (κ1) is 19.2. The predicted molar refractivity (Wildman–Crippen MR) is 97.4 cm³/mol. The van der Waals surface area contributed by atoms with E-state index < -0.39 is 0 Å². The molecule has 25 heavy (non-hydrogen) atoms. The summed E-state index contributed by atoms with van der Waals surface area (Å²) in [6.07, 6.45) is 2.84. The molecule has 3 N–H and O–H groups in total. The Balaban J connectivity index is 1.82. The Bertz CT molecular complexity index is 563. The number of carbonyl (C=O) groups is 1. The summed E-state index contributed by atoms with van der Waals surface area (Å²) in [4.78, 5) is 18.2. The van der Waals surface area contributed by atoms with Gasteiger partial charge in [0.05, 0.1) is 12.2 Å². The SMILES string of the molecule is CCNC(=NCc1cc(CC)no1)NC1CCN(CC(=O)NC)CC1. The van der Waals surface area contributed by atoms with Crippen molar-refractivity contribution >= 4 is 11.9 Å². The van der Waals surface area contributed by atoms with Crippen LogP contribution in [-0.4, -0.2) is 61.2 Å². The number of hydrogen-bond acceptors (Lipinski definition) is 5. The molecule has 0 aromatic carbocycles. The number of nitrogens with one attached hydrogen (secondary N) is 3. The average Bonchev–Trinajstić information content (AvgIpc) is 3.09. The van der Waals surface area contributed by atoms with Gasteiger partial charge in [0.25, 0.3) is 0 Å².